The third-order valence-corrected chi connectivity index (χ3v) is 0. The Labute approximate surface area is 180 Å². The molecule has 0 aromatic carbocycles. The first-order valence-electron chi connectivity index (χ1n) is 6.36. The van der Waals surface area contributed by atoms with Crippen LogP contribution in [-0.2, 0) is 54.0 Å². The Balaban J connectivity index is -0.0000000294. The van der Waals surface area contributed by atoms with Crippen LogP contribution in [0.4, 0.5) is 0 Å². The molecule has 0 saturated heterocycles. The summed E-state index contributed by atoms with van der Waals surface area (Å²) in [5.41, 5.74) is 0. The predicted molar refractivity (Wildman–Crippen MR) is 74.8 cm³/mol. The minimum Gasteiger partial charge on any atom is -0.550 e. The Bertz CT molecular complexity index is 313. The van der Waals surface area contributed by atoms with Crippen LogP contribution < -0.4 is 35.7 Å². The Morgan fingerprint density at radius 1 is 0.310 bits per heavy atom. The molecule has 168 valence electrons. The molecule has 0 saturated carbocycles. The first kappa shape index (κ1) is 50.1. The van der Waals surface area contributed by atoms with E-state index < -0.39 is 41.8 Å². The molecule has 14 nitrogen and oxygen atoms in total. The zero-order valence-corrected chi connectivity index (χ0v) is 19.3. The molecule has 0 spiro atoms. The van der Waals surface area contributed by atoms with Gasteiger partial charge in [-0.05, 0) is 48.5 Å². The maximum atomic E-state index is 8.89. The Morgan fingerprint density at radius 3 is 0.310 bits per heavy atom. The largest absolute Gasteiger partial charge is 7.00 e. The third-order valence-electron chi connectivity index (χ3n) is 0. The monoisotopic (exact) mass is 600 g/mol. The summed E-state index contributed by atoms with van der Waals surface area (Å²) in [6, 6.07) is 0. The van der Waals surface area contributed by atoms with E-state index in [1.807, 2.05) is 0 Å². The van der Waals surface area contributed by atoms with E-state index in [1.165, 1.54) is 0 Å². The molecular weight excluding hydrogens is 578 g/mol. The van der Waals surface area contributed by atoms with Gasteiger partial charge in [-0.25, -0.2) is 0 Å². The van der Waals surface area contributed by atoms with Gasteiger partial charge in [-0.15, -0.1) is 0 Å². The van der Waals surface area contributed by atoms with E-state index in [1.54, 1.807) is 0 Å². The van der Waals surface area contributed by atoms with E-state index in [-0.39, 0.29) is 20.4 Å². The summed E-state index contributed by atoms with van der Waals surface area (Å²) in [6.07, 6.45) is 0. The van der Waals surface area contributed by atoms with Gasteiger partial charge in [-0.1, -0.05) is 0 Å². The van der Waals surface area contributed by atoms with Gasteiger partial charge in [0.15, 0.2) is 0 Å². The zero-order chi connectivity index (χ0) is 25.0. The summed E-state index contributed by atoms with van der Waals surface area (Å²) in [5.74, 6) is -7.58. The normalized spacial score (nSPS) is 6.03. The molecule has 0 atom stereocenters. The number of aliphatic carboxylic acids is 7. The Morgan fingerprint density at radius 2 is 0.310 bits per heavy atom. The average Bonchev–Trinajstić information content (AvgIpc) is 2.20. The molecular formula is C14H21O14Re. The van der Waals surface area contributed by atoms with Gasteiger partial charge in [-0.2, -0.15) is 0 Å². The van der Waals surface area contributed by atoms with Gasteiger partial charge >= 0.3 is 20.4 Å². The van der Waals surface area contributed by atoms with Gasteiger partial charge in [0.1, 0.15) is 0 Å². The third kappa shape index (κ3) is 1420. The Hall–Kier alpha value is -3.05. The van der Waals surface area contributed by atoms with Crippen molar-refractivity contribution in [1.82, 2.24) is 0 Å². The molecule has 0 bridgehead atoms. The van der Waals surface area contributed by atoms with Crippen LogP contribution in [0.3, 0.4) is 0 Å². The molecule has 0 N–H and O–H groups in total. The second kappa shape index (κ2) is 44.4. The number of carbonyl (C=O) groups excluding carboxylic acids is 7. The fourth-order valence-corrected chi connectivity index (χ4v) is 0. The summed E-state index contributed by atoms with van der Waals surface area (Å²) >= 11 is 0. The Kier molecular flexibility index (Phi) is 76.8. The van der Waals surface area contributed by atoms with Gasteiger partial charge < -0.3 is 69.3 Å². The van der Waals surface area contributed by atoms with Crippen molar-refractivity contribution in [2.45, 2.75) is 48.5 Å². The predicted octanol–water partition coefficient (Wildman–Crippen LogP) is -8.71. The molecule has 0 heterocycles. The topological polar surface area (TPSA) is 281 Å². The van der Waals surface area contributed by atoms with Crippen molar-refractivity contribution < 1.29 is 89.7 Å². The van der Waals surface area contributed by atoms with Crippen molar-refractivity contribution in [2.24, 2.45) is 0 Å². The van der Waals surface area contributed by atoms with E-state index in [0.29, 0.717) is 0 Å². The number of hydrogen-bond donors (Lipinski definition) is 0. The SMILES string of the molecule is CC(=O)[O-].CC(=O)[O-].CC(=O)[O-].CC(=O)[O-].CC(=O)[O-].CC(=O)[O-].CC(=O)[O-].[Re+7]. The van der Waals surface area contributed by atoms with Crippen LogP contribution in [0.1, 0.15) is 48.5 Å². The second-order valence-corrected chi connectivity index (χ2v) is 3.44. The van der Waals surface area contributed by atoms with Crippen molar-refractivity contribution in [3.05, 3.63) is 0 Å². The molecule has 29 heavy (non-hydrogen) atoms. The average molecular weight is 600 g/mol. The number of rotatable bonds is 0. The van der Waals surface area contributed by atoms with Crippen LogP contribution >= 0.6 is 0 Å². The van der Waals surface area contributed by atoms with E-state index in [0.717, 1.165) is 48.5 Å². The van der Waals surface area contributed by atoms with Crippen LogP contribution in [0.25, 0.3) is 0 Å². The van der Waals surface area contributed by atoms with Crippen molar-refractivity contribution in [3.8, 4) is 0 Å². The van der Waals surface area contributed by atoms with E-state index >= 15 is 0 Å². The fraction of sp³-hybridized carbons (Fsp3) is 0.500. The van der Waals surface area contributed by atoms with Crippen LogP contribution in [0, 0.1) is 0 Å². The summed E-state index contributed by atoms with van der Waals surface area (Å²) in [6.45, 7) is 6.81. The van der Waals surface area contributed by atoms with E-state index in [4.69, 9.17) is 69.3 Å². The minimum atomic E-state index is -1.08. The van der Waals surface area contributed by atoms with Crippen LogP contribution in [0.5, 0.6) is 0 Å². The van der Waals surface area contributed by atoms with Gasteiger partial charge in [0.2, 0.25) is 0 Å². The maximum absolute atomic E-state index is 8.89. The molecule has 15 heteroatoms. The molecule has 0 aromatic rings. The van der Waals surface area contributed by atoms with Gasteiger partial charge in [0.25, 0.3) is 0 Å². The summed E-state index contributed by atoms with van der Waals surface area (Å²) in [5, 5.41) is 62.2. The molecule has 0 aromatic heterocycles. The molecule has 0 aliphatic rings. The maximum Gasteiger partial charge on any atom is 7.00 e. The van der Waals surface area contributed by atoms with Crippen molar-refractivity contribution >= 4 is 41.8 Å². The van der Waals surface area contributed by atoms with Gasteiger partial charge in [0, 0.05) is 41.8 Å². The molecule has 0 amide bonds. The summed E-state index contributed by atoms with van der Waals surface area (Å²) in [7, 11) is 0. The molecule has 0 unspecified atom stereocenters. The molecule has 0 rings (SSSR count). The smallest absolute Gasteiger partial charge is 0.550 e. The molecule has 0 aliphatic heterocycles. The second-order valence-electron chi connectivity index (χ2n) is 3.44. The number of hydrogen-bond acceptors (Lipinski definition) is 14. The van der Waals surface area contributed by atoms with E-state index in [9.17, 15) is 0 Å². The number of carboxylic acid groups (broad SMARTS) is 7. The van der Waals surface area contributed by atoms with Gasteiger partial charge in [0.05, 0.1) is 0 Å². The van der Waals surface area contributed by atoms with Crippen molar-refractivity contribution in [2.75, 3.05) is 0 Å². The molecule has 0 aliphatic carbocycles. The summed E-state index contributed by atoms with van der Waals surface area (Å²) in [4.78, 5) is 62.2. The number of carboxylic acids is 7. The standard InChI is InChI=1S/7C2H4O2.Re/c7*1-2(3)4;/h7*1H3,(H,3,4);/q;;;;;;;+7/p-7. The molecule has 0 fully saturated rings. The zero-order valence-electron chi connectivity index (χ0n) is 16.6. The quantitative estimate of drug-likeness (QED) is 0.250. The fourth-order valence-electron chi connectivity index (χ4n) is 0. The minimum absolute atomic E-state index is 0. The van der Waals surface area contributed by atoms with Crippen LogP contribution in [0.15, 0.2) is 0 Å². The van der Waals surface area contributed by atoms with Gasteiger partial charge in [-0.3, -0.25) is 0 Å². The van der Waals surface area contributed by atoms with Crippen LogP contribution in [0.2, 0.25) is 0 Å². The number of carbonyl (C=O) groups is 7. The van der Waals surface area contributed by atoms with Crippen molar-refractivity contribution in [1.29, 1.82) is 0 Å². The van der Waals surface area contributed by atoms with Crippen molar-refractivity contribution in [3.63, 3.8) is 0 Å². The first-order valence-corrected chi connectivity index (χ1v) is 6.36. The summed E-state index contributed by atoms with van der Waals surface area (Å²) < 4.78 is 0. The van der Waals surface area contributed by atoms with E-state index in [2.05, 4.69) is 0 Å². The molecule has 0 radical (unpaired) electrons. The van der Waals surface area contributed by atoms with Crippen LogP contribution in [-0.4, -0.2) is 41.8 Å². The first-order chi connectivity index (χ1) is 12.1.